The Labute approximate surface area is 192 Å². The van der Waals surface area contributed by atoms with Gasteiger partial charge in [-0.3, -0.25) is 15.1 Å². The van der Waals surface area contributed by atoms with Crippen LogP contribution in [0.4, 0.5) is 11.6 Å². The standard InChI is InChI=1S/C22H30ClN7O2/c1-14(31)6-2-3-7-15-9-11-16(12-10-15)8-4-5-13-27-22(26)30-21(32)17-19(24)29-20(25)18(23)28-17/h9-12H,2-8,13H2,1H3,(H4,24,25,29)(H3,26,27,30,32). The van der Waals surface area contributed by atoms with Crippen molar-refractivity contribution in [2.75, 3.05) is 18.0 Å². The number of nitrogens with zero attached hydrogens (tertiary/aromatic N) is 3. The van der Waals surface area contributed by atoms with Crippen molar-refractivity contribution < 1.29 is 9.59 Å². The molecule has 0 bridgehead atoms. The first kappa shape index (κ1) is 25.1. The SMILES string of the molecule is CC(=O)CCCCc1ccc(CCCCN=C(N)NC(=O)c2nc(Cl)c(N)nc2N)cc1. The lowest BCUT2D eigenvalue weighted by atomic mass is 10.0. The number of rotatable bonds is 11. The molecule has 0 fully saturated rings. The van der Waals surface area contributed by atoms with E-state index in [2.05, 4.69) is 44.5 Å². The highest BCUT2D eigenvalue weighted by atomic mass is 35.5. The zero-order valence-corrected chi connectivity index (χ0v) is 19.0. The van der Waals surface area contributed by atoms with Gasteiger partial charge in [0.1, 0.15) is 5.78 Å². The van der Waals surface area contributed by atoms with E-state index in [9.17, 15) is 9.59 Å². The van der Waals surface area contributed by atoms with E-state index in [-0.39, 0.29) is 34.2 Å². The maximum absolute atomic E-state index is 12.2. The van der Waals surface area contributed by atoms with Crippen LogP contribution in [0, 0.1) is 0 Å². The molecule has 1 amide bonds. The minimum atomic E-state index is -0.653. The Bertz CT molecular complexity index is 961. The predicted molar refractivity (Wildman–Crippen MR) is 127 cm³/mol. The Morgan fingerprint density at radius 1 is 0.969 bits per heavy atom. The molecule has 10 heteroatoms. The molecular formula is C22H30ClN7O2. The average Bonchev–Trinajstić information content (AvgIpc) is 2.74. The monoisotopic (exact) mass is 459 g/mol. The Kier molecular flexibility index (Phi) is 9.87. The van der Waals surface area contributed by atoms with Crippen LogP contribution >= 0.6 is 11.6 Å². The number of nitrogen functional groups attached to an aromatic ring is 2. The van der Waals surface area contributed by atoms with Gasteiger partial charge in [0.05, 0.1) is 0 Å². The fourth-order valence-electron chi connectivity index (χ4n) is 3.04. The molecule has 0 aliphatic carbocycles. The van der Waals surface area contributed by atoms with Crippen LogP contribution < -0.4 is 22.5 Å². The zero-order valence-electron chi connectivity index (χ0n) is 18.2. The highest BCUT2D eigenvalue weighted by molar-refractivity contribution is 6.31. The molecule has 32 heavy (non-hydrogen) atoms. The number of guanidine groups is 1. The van der Waals surface area contributed by atoms with Crippen molar-refractivity contribution in [2.45, 2.75) is 51.9 Å². The molecule has 172 valence electrons. The Morgan fingerprint density at radius 2 is 1.56 bits per heavy atom. The fourth-order valence-corrected chi connectivity index (χ4v) is 3.17. The van der Waals surface area contributed by atoms with Crippen LogP contribution in [0.15, 0.2) is 29.3 Å². The number of amides is 1. The number of benzene rings is 1. The molecule has 7 N–H and O–H groups in total. The molecule has 0 atom stereocenters. The minimum Gasteiger partial charge on any atom is -0.382 e. The van der Waals surface area contributed by atoms with Crippen LogP contribution in [0.2, 0.25) is 5.15 Å². The third kappa shape index (κ3) is 8.50. The first-order valence-electron chi connectivity index (χ1n) is 10.5. The maximum Gasteiger partial charge on any atom is 0.280 e. The number of aromatic nitrogens is 2. The molecular weight excluding hydrogens is 430 g/mol. The van der Waals surface area contributed by atoms with Crippen molar-refractivity contribution in [1.29, 1.82) is 0 Å². The number of carbonyl (C=O) groups is 2. The molecule has 0 spiro atoms. The van der Waals surface area contributed by atoms with Gasteiger partial charge in [-0.05, 0) is 56.6 Å². The summed E-state index contributed by atoms with van der Waals surface area (Å²) in [6.07, 6.45) is 6.31. The van der Waals surface area contributed by atoms with E-state index >= 15 is 0 Å². The molecule has 0 radical (unpaired) electrons. The lowest BCUT2D eigenvalue weighted by molar-refractivity contribution is -0.117. The van der Waals surface area contributed by atoms with Gasteiger partial charge < -0.3 is 22.0 Å². The van der Waals surface area contributed by atoms with Crippen molar-refractivity contribution in [3.63, 3.8) is 0 Å². The second kappa shape index (κ2) is 12.6. The predicted octanol–water partition coefficient (Wildman–Crippen LogP) is 2.66. The van der Waals surface area contributed by atoms with E-state index in [4.69, 9.17) is 28.8 Å². The summed E-state index contributed by atoms with van der Waals surface area (Å²) in [4.78, 5) is 34.9. The molecule has 0 unspecified atom stereocenters. The van der Waals surface area contributed by atoms with E-state index in [1.165, 1.54) is 11.1 Å². The summed E-state index contributed by atoms with van der Waals surface area (Å²) in [7, 11) is 0. The summed E-state index contributed by atoms with van der Waals surface area (Å²) in [5.41, 5.74) is 19.3. The minimum absolute atomic E-state index is 0.0294. The number of aliphatic imine (C=N–C) groups is 1. The van der Waals surface area contributed by atoms with Crippen LogP contribution in [-0.4, -0.2) is 34.2 Å². The fraction of sp³-hybridized carbons (Fsp3) is 0.409. The summed E-state index contributed by atoms with van der Waals surface area (Å²) in [5.74, 6) is -0.627. The molecule has 1 aromatic heterocycles. The maximum atomic E-state index is 12.2. The van der Waals surface area contributed by atoms with Crippen LogP contribution in [0.3, 0.4) is 0 Å². The number of ketones is 1. The van der Waals surface area contributed by atoms with Gasteiger partial charge in [0, 0.05) is 13.0 Å². The van der Waals surface area contributed by atoms with E-state index in [1.54, 1.807) is 6.92 Å². The summed E-state index contributed by atoms with van der Waals surface area (Å²) in [6.45, 7) is 2.11. The molecule has 2 rings (SSSR count). The number of anilines is 2. The van der Waals surface area contributed by atoms with E-state index in [0.29, 0.717) is 13.0 Å². The Morgan fingerprint density at radius 3 is 2.16 bits per heavy atom. The van der Waals surface area contributed by atoms with Gasteiger partial charge in [-0.15, -0.1) is 0 Å². The molecule has 0 aliphatic heterocycles. The molecule has 2 aromatic rings. The van der Waals surface area contributed by atoms with Crippen LogP contribution in [0.5, 0.6) is 0 Å². The van der Waals surface area contributed by atoms with E-state index < -0.39 is 5.91 Å². The summed E-state index contributed by atoms with van der Waals surface area (Å²) in [5, 5.41) is 2.30. The van der Waals surface area contributed by atoms with E-state index in [0.717, 1.165) is 38.5 Å². The van der Waals surface area contributed by atoms with Gasteiger partial charge in [-0.2, -0.15) is 0 Å². The normalized spacial score (nSPS) is 11.4. The summed E-state index contributed by atoms with van der Waals surface area (Å²) in [6, 6.07) is 8.57. The number of carbonyl (C=O) groups excluding carboxylic acids is 2. The first-order chi connectivity index (χ1) is 15.3. The molecule has 1 aromatic carbocycles. The summed E-state index contributed by atoms with van der Waals surface area (Å²) < 4.78 is 0. The topological polar surface area (TPSA) is 162 Å². The number of Topliss-reactive ketones (excluding diaryl/α,β-unsaturated/α-hetero) is 1. The number of nitrogens with two attached hydrogens (primary N) is 3. The zero-order chi connectivity index (χ0) is 23.5. The Balaban J connectivity index is 1.69. The van der Waals surface area contributed by atoms with Crippen molar-refractivity contribution >= 4 is 40.9 Å². The van der Waals surface area contributed by atoms with Gasteiger partial charge >= 0.3 is 0 Å². The van der Waals surface area contributed by atoms with Gasteiger partial charge in [0.15, 0.2) is 28.4 Å². The molecule has 9 nitrogen and oxygen atoms in total. The van der Waals surface area contributed by atoms with Crippen LogP contribution in [0.1, 0.15) is 60.6 Å². The lowest BCUT2D eigenvalue weighted by Crippen LogP contribution is -2.38. The second-order valence-electron chi connectivity index (χ2n) is 7.54. The number of aryl methyl sites for hydroxylation is 2. The first-order valence-corrected chi connectivity index (χ1v) is 10.9. The Hall–Kier alpha value is -3.20. The molecule has 0 saturated heterocycles. The molecule has 0 aliphatic rings. The highest BCUT2D eigenvalue weighted by Crippen LogP contribution is 2.17. The summed E-state index contributed by atoms with van der Waals surface area (Å²) >= 11 is 5.78. The second-order valence-corrected chi connectivity index (χ2v) is 7.90. The number of unbranched alkanes of at least 4 members (excludes halogenated alkanes) is 2. The van der Waals surface area contributed by atoms with Crippen LogP contribution in [-0.2, 0) is 17.6 Å². The number of hydrogen-bond donors (Lipinski definition) is 4. The highest BCUT2D eigenvalue weighted by Gasteiger charge is 2.16. The quantitative estimate of drug-likeness (QED) is 0.228. The third-order valence-electron chi connectivity index (χ3n) is 4.78. The largest absolute Gasteiger partial charge is 0.382 e. The van der Waals surface area contributed by atoms with Crippen molar-refractivity contribution in [1.82, 2.24) is 15.3 Å². The number of nitrogens with one attached hydrogen (secondary N) is 1. The van der Waals surface area contributed by atoms with Crippen molar-refractivity contribution in [3.8, 4) is 0 Å². The third-order valence-corrected chi connectivity index (χ3v) is 5.06. The molecule has 0 saturated carbocycles. The smallest absolute Gasteiger partial charge is 0.280 e. The number of hydrogen-bond acceptors (Lipinski definition) is 7. The van der Waals surface area contributed by atoms with Gasteiger partial charge in [-0.1, -0.05) is 35.9 Å². The van der Waals surface area contributed by atoms with E-state index in [1.807, 2.05) is 0 Å². The number of halogens is 1. The van der Waals surface area contributed by atoms with Crippen LogP contribution in [0.25, 0.3) is 0 Å². The van der Waals surface area contributed by atoms with Crippen molar-refractivity contribution in [2.24, 2.45) is 10.7 Å². The van der Waals surface area contributed by atoms with Gasteiger partial charge in [0.25, 0.3) is 5.91 Å². The van der Waals surface area contributed by atoms with Crippen molar-refractivity contribution in [3.05, 3.63) is 46.2 Å². The molecule has 1 heterocycles. The van der Waals surface area contributed by atoms with Gasteiger partial charge in [0.2, 0.25) is 0 Å². The lowest BCUT2D eigenvalue weighted by Gasteiger charge is -2.07. The average molecular weight is 460 g/mol. The van der Waals surface area contributed by atoms with Gasteiger partial charge in [-0.25, -0.2) is 9.97 Å².